The second-order valence-electron chi connectivity index (χ2n) is 4.29. The first-order valence-electron chi connectivity index (χ1n) is 5.70. The van der Waals surface area contributed by atoms with E-state index in [0.29, 0.717) is 11.2 Å². The van der Waals surface area contributed by atoms with Gasteiger partial charge in [0.15, 0.2) is 17.7 Å². The van der Waals surface area contributed by atoms with E-state index in [1.165, 1.54) is 23.3 Å². The Labute approximate surface area is 108 Å². The van der Waals surface area contributed by atoms with Gasteiger partial charge in [-0.3, -0.25) is 4.57 Å². The van der Waals surface area contributed by atoms with Crippen molar-refractivity contribution in [2.75, 3.05) is 5.73 Å². The highest BCUT2D eigenvalue weighted by atomic mass is 16.6. The van der Waals surface area contributed by atoms with Gasteiger partial charge < -0.3 is 20.7 Å². The molecule has 0 saturated carbocycles. The summed E-state index contributed by atoms with van der Waals surface area (Å²) in [6, 6.07) is 0. The van der Waals surface area contributed by atoms with Gasteiger partial charge in [0.1, 0.15) is 30.2 Å². The minimum absolute atomic E-state index is 0.247. The summed E-state index contributed by atoms with van der Waals surface area (Å²) in [6.45, 7) is 3.55. The van der Waals surface area contributed by atoms with Crippen molar-refractivity contribution in [2.24, 2.45) is 0 Å². The first-order valence-corrected chi connectivity index (χ1v) is 5.70. The molecular formula is C11H13N5O3. The summed E-state index contributed by atoms with van der Waals surface area (Å²) < 4.78 is 7.05. The van der Waals surface area contributed by atoms with Crippen molar-refractivity contribution in [3.05, 3.63) is 25.3 Å². The number of aromatic nitrogens is 4. The van der Waals surface area contributed by atoms with Crippen molar-refractivity contribution in [2.45, 2.75) is 24.5 Å². The molecule has 0 amide bonds. The van der Waals surface area contributed by atoms with Crippen LogP contribution in [-0.2, 0) is 4.74 Å². The normalized spacial score (nSPS) is 30.8. The molecule has 1 aliphatic heterocycles. The molecule has 4 atom stereocenters. The van der Waals surface area contributed by atoms with Gasteiger partial charge in [-0.05, 0) is 0 Å². The van der Waals surface area contributed by atoms with Crippen molar-refractivity contribution in [3.63, 3.8) is 0 Å². The van der Waals surface area contributed by atoms with Crippen LogP contribution in [-0.4, -0.2) is 48.0 Å². The van der Waals surface area contributed by atoms with Gasteiger partial charge in [0.05, 0.1) is 6.33 Å². The maximum absolute atomic E-state index is 10.0. The maximum Gasteiger partial charge on any atom is 0.167 e. The van der Waals surface area contributed by atoms with Gasteiger partial charge in [-0.2, -0.15) is 0 Å². The molecular weight excluding hydrogens is 250 g/mol. The van der Waals surface area contributed by atoms with E-state index in [-0.39, 0.29) is 5.82 Å². The molecule has 2 aromatic heterocycles. The van der Waals surface area contributed by atoms with Crippen LogP contribution in [0.5, 0.6) is 0 Å². The average Bonchev–Trinajstić information content (AvgIpc) is 2.94. The van der Waals surface area contributed by atoms with Crippen LogP contribution in [0.2, 0.25) is 0 Å². The van der Waals surface area contributed by atoms with Gasteiger partial charge in [0, 0.05) is 0 Å². The molecule has 100 valence electrons. The predicted molar refractivity (Wildman–Crippen MR) is 65.9 cm³/mol. The second-order valence-corrected chi connectivity index (χ2v) is 4.29. The van der Waals surface area contributed by atoms with Crippen molar-refractivity contribution >= 4 is 17.0 Å². The van der Waals surface area contributed by atoms with Gasteiger partial charge in [-0.1, -0.05) is 6.08 Å². The topological polar surface area (TPSA) is 119 Å². The Morgan fingerprint density at radius 3 is 2.79 bits per heavy atom. The minimum Gasteiger partial charge on any atom is -0.387 e. The Balaban J connectivity index is 2.06. The molecule has 1 fully saturated rings. The number of nitrogen functional groups attached to an aromatic ring is 1. The zero-order valence-corrected chi connectivity index (χ0v) is 9.92. The lowest BCUT2D eigenvalue weighted by Gasteiger charge is -2.16. The smallest absolute Gasteiger partial charge is 0.167 e. The molecule has 3 rings (SSSR count). The Morgan fingerprint density at radius 2 is 2.11 bits per heavy atom. The molecule has 0 bridgehead atoms. The summed E-state index contributed by atoms with van der Waals surface area (Å²) in [5, 5.41) is 19.8. The molecule has 0 aromatic carbocycles. The van der Waals surface area contributed by atoms with Crippen molar-refractivity contribution < 1.29 is 14.9 Å². The molecule has 2 aromatic rings. The lowest BCUT2D eigenvalue weighted by molar-refractivity contribution is -0.0244. The number of anilines is 1. The van der Waals surface area contributed by atoms with Crippen LogP contribution in [0.1, 0.15) is 6.23 Å². The third kappa shape index (κ3) is 1.69. The van der Waals surface area contributed by atoms with E-state index >= 15 is 0 Å². The van der Waals surface area contributed by atoms with Gasteiger partial charge >= 0.3 is 0 Å². The van der Waals surface area contributed by atoms with E-state index in [2.05, 4.69) is 21.5 Å². The number of imidazole rings is 1. The summed E-state index contributed by atoms with van der Waals surface area (Å²) in [6.07, 6.45) is 0.612. The van der Waals surface area contributed by atoms with Crippen molar-refractivity contribution in [3.8, 4) is 0 Å². The second kappa shape index (κ2) is 4.26. The molecule has 0 spiro atoms. The van der Waals surface area contributed by atoms with Crippen LogP contribution in [0.4, 0.5) is 5.82 Å². The van der Waals surface area contributed by atoms with E-state index in [1.807, 2.05) is 0 Å². The lowest BCUT2D eigenvalue weighted by Crippen LogP contribution is -2.30. The molecule has 8 heteroatoms. The Morgan fingerprint density at radius 1 is 1.32 bits per heavy atom. The third-order valence-electron chi connectivity index (χ3n) is 3.17. The molecule has 3 heterocycles. The quantitative estimate of drug-likeness (QED) is 0.607. The summed E-state index contributed by atoms with van der Waals surface area (Å²) in [5.74, 6) is 0.247. The zero-order chi connectivity index (χ0) is 13.6. The number of hydrogen-bond acceptors (Lipinski definition) is 7. The van der Waals surface area contributed by atoms with Gasteiger partial charge in [0.2, 0.25) is 0 Å². The van der Waals surface area contributed by atoms with Crippen LogP contribution in [0.3, 0.4) is 0 Å². The summed E-state index contributed by atoms with van der Waals surface area (Å²) in [4.78, 5) is 12.0. The zero-order valence-electron chi connectivity index (χ0n) is 9.92. The number of aliphatic hydroxyl groups excluding tert-OH is 2. The van der Waals surface area contributed by atoms with Crippen molar-refractivity contribution in [1.82, 2.24) is 19.5 Å². The maximum atomic E-state index is 10.0. The number of nitrogens with zero attached hydrogens (tertiary/aromatic N) is 4. The standard InChI is InChI=1S/C11H13N5O3/c1-2-5-7(17)8(18)11(19-5)16-4-15-6-9(12)13-3-14-10(6)16/h2-5,7-8,11,17-18H,1H2,(H2,12,13,14)/t5-,7?,8?,11-/m1/s1. The predicted octanol–water partition coefficient (Wildman–Crippen LogP) is -0.786. The summed E-state index contributed by atoms with van der Waals surface area (Å²) in [7, 11) is 0. The Kier molecular flexibility index (Phi) is 2.70. The Hall–Kier alpha value is -2.03. The minimum atomic E-state index is -1.10. The fourth-order valence-electron chi connectivity index (χ4n) is 2.17. The highest BCUT2D eigenvalue weighted by molar-refractivity contribution is 5.81. The summed E-state index contributed by atoms with van der Waals surface area (Å²) >= 11 is 0. The van der Waals surface area contributed by atoms with E-state index in [0.717, 1.165) is 0 Å². The molecule has 1 aliphatic rings. The van der Waals surface area contributed by atoms with E-state index in [9.17, 15) is 10.2 Å². The summed E-state index contributed by atoms with van der Waals surface area (Å²) in [5.41, 5.74) is 6.55. The van der Waals surface area contributed by atoms with Crippen LogP contribution < -0.4 is 5.73 Å². The van der Waals surface area contributed by atoms with Crippen LogP contribution in [0.15, 0.2) is 25.3 Å². The molecule has 1 saturated heterocycles. The molecule has 2 unspecified atom stereocenters. The molecule has 19 heavy (non-hydrogen) atoms. The van der Waals surface area contributed by atoms with Crippen LogP contribution in [0, 0.1) is 0 Å². The molecule has 4 N–H and O–H groups in total. The molecule has 0 radical (unpaired) electrons. The number of nitrogens with two attached hydrogens (primary N) is 1. The number of ether oxygens (including phenoxy) is 1. The van der Waals surface area contributed by atoms with Crippen LogP contribution in [0.25, 0.3) is 11.2 Å². The third-order valence-corrected chi connectivity index (χ3v) is 3.17. The van der Waals surface area contributed by atoms with Crippen molar-refractivity contribution in [1.29, 1.82) is 0 Å². The van der Waals surface area contributed by atoms with Gasteiger partial charge in [-0.25, -0.2) is 15.0 Å². The fraction of sp³-hybridized carbons (Fsp3) is 0.364. The lowest BCUT2D eigenvalue weighted by atomic mass is 10.1. The highest BCUT2D eigenvalue weighted by Crippen LogP contribution is 2.32. The Bertz CT molecular complexity index is 628. The SMILES string of the molecule is C=C[C@H]1O[C@@H](n2cnc3c(N)ncnc32)C(O)C1O. The number of aliphatic hydroxyl groups is 2. The largest absolute Gasteiger partial charge is 0.387 e. The monoisotopic (exact) mass is 263 g/mol. The van der Waals surface area contributed by atoms with Crippen LogP contribution >= 0.6 is 0 Å². The first-order chi connectivity index (χ1) is 9.13. The van der Waals surface area contributed by atoms with Gasteiger partial charge in [0.25, 0.3) is 0 Å². The molecule has 8 nitrogen and oxygen atoms in total. The first kappa shape index (κ1) is 12.0. The van der Waals surface area contributed by atoms with E-state index in [4.69, 9.17) is 10.5 Å². The average molecular weight is 263 g/mol. The van der Waals surface area contributed by atoms with E-state index < -0.39 is 24.5 Å². The number of rotatable bonds is 2. The fourth-order valence-corrected chi connectivity index (χ4v) is 2.17. The number of fused-ring (bicyclic) bond motifs is 1. The van der Waals surface area contributed by atoms with Gasteiger partial charge in [-0.15, -0.1) is 6.58 Å². The van der Waals surface area contributed by atoms with E-state index in [1.54, 1.807) is 0 Å². The highest BCUT2D eigenvalue weighted by Gasteiger charge is 2.42. The molecule has 0 aliphatic carbocycles. The number of hydrogen-bond donors (Lipinski definition) is 3.